The summed E-state index contributed by atoms with van der Waals surface area (Å²) in [4.78, 5) is 30.7. The molecule has 10 heteroatoms. The number of aromatic nitrogens is 2. The van der Waals surface area contributed by atoms with Gasteiger partial charge in [0.2, 0.25) is 0 Å². The number of benzene rings is 2. The van der Waals surface area contributed by atoms with Crippen LogP contribution in [0.3, 0.4) is 0 Å². The summed E-state index contributed by atoms with van der Waals surface area (Å²) < 4.78 is 0. The van der Waals surface area contributed by atoms with Gasteiger partial charge in [-0.1, -0.05) is 24.3 Å². The third-order valence-corrected chi connectivity index (χ3v) is 7.01. The highest BCUT2D eigenvalue weighted by atomic mass is 32.1. The van der Waals surface area contributed by atoms with Crippen LogP contribution in [0.2, 0.25) is 0 Å². The first-order valence-corrected chi connectivity index (χ1v) is 12.5. The Labute approximate surface area is 208 Å². The molecule has 0 unspecified atom stereocenters. The number of hydrogen-bond donors (Lipinski definition) is 3. The Balaban J connectivity index is 0.000000172. The fourth-order valence-corrected chi connectivity index (χ4v) is 4.93. The number of H-pyrrole nitrogens is 1. The zero-order chi connectivity index (χ0) is 24.8. The number of nitrogens with one attached hydrogen (secondary N) is 1. The van der Waals surface area contributed by atoms with E-state index >= 15 is 0 Å². The highest BCUT2D eigenvalue weighted by Crippen LogP contribution is 2.31. The molecule has 4 N–H and O–H groups in total. The zero-order valence-electron chi connectivity index (χ0n) is 18.5. The molecule has 178 valence electrons. The van der Waals surface area contributed by atoms with Crippen LogP contribution in [-0.2, 0) is 11.2 Å². The summed E-state index contributed by atoms with van der Waals surface area (Å²) in [5, 5.41) is 23.3. The van der Waals surface area contributed by atoms with Gasteiger partial charge in [0.25, 0.3) is 5.69 Å². The van der Waals surface area contributed by atoms with E-state index in [0.717, 1.165) is 27.3 Å². The number of thiophene rings is 2. The van der Waals surface area contributed by atoms with Crippen LogP contribution in [0.15, 0.2) is 71.4 Å². The van der Waals surface area contributed by atoms with Crippen molar-refractivity contribution in [2.75, 3.05) is 5.73 Å². The number of nitro groups is 1. The minimum atomic E-state index is -0.763. The van der Waals surface area contributed by atoms with Crippen LogP contribution in [0, 0.1) is 10.1 Å². The first-order chi connectivity index (χ1) is 16.9. The normalized spacial score (nSPS) is 10.6. The first-order valence-electron chi connectivity index (χ1n) is 10.7. The van der Waals surface area contributed by atoms with Crippen molar-refractivity contribution in [3.63, 3.8) is 0 Å². The average Bonchev–Trinajstić information content (AvgIpc) is 3.60. The monoisotopic (exact) mass is 506 g/mol. The Morgan fingerprint density at radius 2 is 1.69 bits per heavy atom. The molecule has 0 amide bonds. The van der Waals surface area contributed by atoms with Crippen LogP contribution < -0.4 is 5.73 Å². The Kier molecular flexibility index (Phi) is 7.54. The SMILES string of the molecule is Nc1ccc(-c2cccs2)cc1[N+](=O)[O-].O=C(O)CCCc1nc2ccc(-c3cccs3)cc2[nH]1. The molecule has 0 saturated heterocycles. The molecule has 3 heterocycles. The van der Waals surface area contributed by atoms with E-state index in [4.69, 9.17) is 10.8 Å². The number of nitrogens with two attached hydrogens (primary N) is 1. The molecule has 0 aliphatic rings. The van der Waals surface area contributed by atoms with Gasteiger partial charge in [0.15, 0.2) is 0 Å². The van der Waals surface area contributed by atoms with E-state index in [0.29, 0.717) is 12.8 Å². The average molecular weight is 507 g/mol. The van der Waals surface area contributed by atoms with Gasteiger partial charge < -0.3 is 15.8 Å². The summed E-state index contributed by atoms with van der Waals surface area (Å²) in [7, 11) is 0. The third-order valence-electron chi connectivity index (χ3n) is 5.17. The molecule has 0 fully saturated rings. The summed E-state index contributed by atoms with van der Waals surface area (Å²) in [5.74, 6) is 0.0886. The second-order valence-electron chi connectivity index (χ2n) is 7.65. The minimum Gasteiger partial charge on any atom is -0.481 e. The summed E-state index contributed by atoms with van der Waals surface area (Å²) >= 11 is 3.25. The molecule has 0 aliphatic carbocycles. The molecule has 3 aromatic heterocycles. The molecule has 0 atom stereocenters. The number of carboxylic acid groups (broad SMARTS) is 1. The maximum absolute atomic E-state index is 10.7. The lowest BCUT2D eigenvalue weighted by molar-refractivity contribution is -0.383. The number of carbonyl (C=O) groups is 1. The quantitative estimate of drug-likeness (QED) is 0.129. The Hall–Kier alpha value is -4.02. The number of hydrogen-bond acceptors (Lipinski definition) is 7. The molecule has 0 bridgehead atoms. The van der Waals surface area contributed by atoms with Gasteiger partial charge in [-0.05, 0) is 58.6 Å². The van der Waals surface area contributed by atoms with Gasteiger partial charge in [-0.3, -0.25) is 14.9 Å². The number of fused-ring (bicyclic) bond motifs is 1. The summed E-state index contributed by atoms with van der Waals surface area (Å²) in [6.07, 6.45) is 1.44. The van der Waals surface area contributed by atoms with Crippen molar-refractivity contribution in [3.8, 4) is 20.9 Å². The number of nitrogens with zero attached hydrogens (tertiary/aromatic N) is 2. The Morgan fingerprint density at radius 1 is 1.03 bits per heavy atom. The Morgan fingerprint density at radius 3 is 2.29 bits per heavy atom. The lowest BCUT2D eigenvalue weighted by Gasteiger charge is -2.00. The van der Waals surface area contributed by atoms with Crippen molar-refractivity contribution in [2.24, 2.45) is 0 Å². The smallest absolute Gasteiger partial charge is 0.303 e. The predicted molar refractivity (Wildman–Crippen MR) is 141 cm³/mol. The number of anilines is 1. The molecular weight excluding hydrogens is 484 g/mol. The van der Waals surface area contributed by atoms with Crippen molar-refractivity contribution in [1.82, 2.24) is 9.97 Å². The van der Waals surface area contributed by atoms with E-state index in [2.05, 4.69) is 33.5 Å². The fourth-order valence-electron chi connectivity index (χ4n) is 3.48. The standard InChI is InChI=1S/C15H14N2O2S.C10H8N2O2S/c18-15(19)5-1-4-14-16-11-7-6-10(9-12(11)17-14)13-3-2-8-20-13;11-8-4-3-7(6-9(8)12(13)14)10-2-1-5-15-10/h2-3,6-9H,1,4-5H2,(H,16,17)(H,18,19);1-6H,11H2. The van der Waals surface area contributed by atoms with Gasteiger partial charge in [-0.15, -0.1) is 22.7 Å². The van der Waals surface area contributed by atoms with Crippen molar-refractivity contribution in [3.05, 3.63) is 87.4 Å². The number of nitrogen functional groups attached to an aromatic ring is 1. The van der Waals surface area contributed by atoms with Gasteiger partial charge in [-0.25, -0.2) is 4.98 Å². The van der Waals surface area contributed by atoms with Gasteiger partial charge in [-0.2, -0.15) is 0 Å². The van der Waals surface area contributed by atoms with E-state index in [-0.39, 0.29) is 17.8 Å². The van der Waals surface area contributed by atoms with Gasteiger partial charge in [0.05, 0.1) is 16.0 Å². The van der Waals surface area contributed by atoms with Crippen LogP contribution in [0.1, 0.15) is 18.7 Å². The second-order valence-corrected chi connectivity index (χ2v) is 9.54. The molecular formula is C25H22N4O4S2. The predicted octanol–water partition coefficient (Wildman–Crippen LogP) is 6.60. The highest BCUT2D eigenvalue weighted by molar-refractivity contribution is 7.13. The number of aliphatic carboxylic acids is 1. The maximum Gasteiger partial charge on any atom is 0.303 e. The van der Waals surface area contributed by atoms with E-state index in [9.17, 15) is 14.9 Å². The van der Waals surface area contributed by atoms with Gasteiger partial charge in [0, 0.05) is 28.7 Å². The number of imidazole rings is 1. The van der Waals surface area contributed by atoms with Crippen LogP contribution in [-0.4, -0.2) is 26.0 Å². The van der Waals surface area contributed by atoms with Gasteiger partial charge in [0.1, 0.15) is 11.5 Å². The molecule has 0 saturated carbocycles. The topological polar surface area (TPSA) is 135 Å². The molecule has 0 aliphatic heterocycles. The van der Waals surface area contributed by atoms with Crippen molar-refractivity contribution in [1.29, 1.82) is 0 Å². The van der Waals surface area contributed by atoms with Crippen molar-refractivity contribution < 1.29 is 14.8 Å². The van der Waals surface area contributed by atoms with Crippen molar-refractivity contribution in [2.45, 2.75) is 19.3 Å². The van der Waals surface area contributed by atoms with E-state index < -0.39 is 10.9 Å². The fraction of sp³-hybridized carbons (Fsp3) is 0.120. The maximum atomic E-state index is 10.7. The highest BCUT2D eigenvalue weighted by Gasteiger charge is 2.12. The minimum absolute atomic E-state index is 0.0408. The largest absolute Gasteiger partial charge is 0.481 e. The third kappa shape index (κ3) is 6.11. The molecule has 35 heavy (non-hydrogen) atoms. The zero-order valence-corrected chi connectivity index (χ0v) is 20.1. The number of aryl methyl sites for hydroxylation is 1. The molecule has 5 aromatic rings. The lowest BCUT2D eigenvalue weighted by atomic mass is 10.1. The van der Waals surface area contributed by atoms with Crippen molar-refractivity contribution >= 4 is 51.1 Å². The number of nitro benzene ring substituents is 1. The number of carboxylic acids is 1. The van der Waals surface area contributed by atoms with Crippen LogP contribution in [0.4, 0.5) is 11.4 Å². The number of rotatable bonds is 7. The molecule has 2 aromatic carbocycles. The summed E-state index contributed by atoms with van der Waals surface area (Å²) in [6.45, 7) is 0. The Bertz CT molecular complexity index is 1440. The molecule has 5 rings (SSSR count). The number of aromatic amines is 1. The van der Waals surface area contributed by atoms with Crippen LogP contribution in [0.5, 0.6) is 0 Å². The lowest BCUT2D eigenvalue weighted by Crippen LogP contribution is -1.96. The summed E-state index contributed by atoms with van der Waals surface area (Å²) in [6, 6.07) is 19.0. The van der Waals surface area contributed by atoms with E-state index in [1.54, 1.807) is 23.5 Å². The molecule has 8 nitrogen and oxygen atoms in total. The van der Waals surface area contributed by atoms with E-state index in [1.165, 1.54) is 27.8 Å². The van der Waals surface area contributed by atoms with Crippen LogP contribution in [0.25, 0.3) is 31.9 Å². The van der Waals surface area contributed by atoms with E-state index in [1.807, 2.05) is 29.6 Å². The molecule has 0 radical (unpaired) electrons. The van der Waals surface area contributed by atoms with Gasteiger partial charge >= 0.3 is 5.97 Å². The first kappa shape index (κ1) is 24.1. The molecule has 0 spiro atoms. The van der Waals surface area contributed by atoms with Crippen LogP contribution >= 0.6 is 22.7 Å². The second kappa shape index (κ2) is 10.9. The summed E-state index contributed by atoms with van der Waals surface area (Å²) in [5.41, 5.74) is 9.59.